The minimum absolute atomic E-state index is 0.0196. The smallest absolute Gasteiger partial charge is 0.303 e. The van der Waals surface area contributed by atoms with Crippen LogP contribution in [0.1, 0.15) is 54.9 Å². The number of hydrogen-bond acceptors (Lipinski definition) is 6. The van der Waals surface area contributed by atoms with Crippen LogP contribution < -0.4 is 20.7 Å². The number of ether oxygens (including phenoxy) is 1. The highest BCUT2D eigenvalue weighted by atomic mass is 28.4. The highest BCUT2D eigenvalue weighted by Crippen LogP contribution is 2.43. The lowest BCUT2D eigenvalue weighted by atomic mass is 9.82. The Hall–Kier alpha value is -3.67. The van der Waals surface area contributed by atoms with Crippen LogP contribution in [0.3, 0.4) is 0 Å². The quantitative estimate of drug-likeness (QED) is 0.177. The fourth-order valence-corrected chi connectivity index (χ4v) is 17.1. The maximum atomic E-state index is 14.3. The lowest BCUT2D eigenvalue weighted by Gasteiger charge is -2.52. The first kappa shape index (κ1) is 36.6. The SMILES string of the molecule is CC(=O)OC1C(O[Si](c2ccccc2)(c2ccccc2)C(C)(C)C)CC(=O)C(CO)C1O[Si](c1ccccc1)(c1ccccc1)C(C)(C)C. The zero-order valence-electron chi connectivity index (χ0n) is 29.8. The number of aliphatic hydroxyl groups is 1. The molecule has 49 heavy (non-hydrogen) atoms. The average molecular weight is 695 g/mol. The van der Waals surface area contributed by atoms with Crippen LogP contribution in [0.15, 0.2) is 121 Å². The number of carbonyl (C=O) groups excluding carboxylic acids is 2. The van der Waals surface area contributed by atoms with E-state index in [0.29, 0.717) is 0 Å². The number of hydrogen-bond donors (Lipinski definition) is 1. The molecule has 4 atom stereocenters. The molecule has 0 amide bonds. The van der Waals surface area contributed by atoms with Crippen molar-refractivity contribution in [2.24, 2.45) is 5.92 Å². The van der Waals surface area contributed by atoms with Crippen LogP contribution >= 0.6 is 0 Å². The summed E-state index contributed by atoms with van der Waals surface area (Å²) in [4.78, 5) is 27.3. The summed E-state index contributed by atoms with van der Waals surface area (Å²) in [7, 11) is -6.46. The summed E-state index contributed by atoms with van der Waals surface area (Å²) < 4.78 is 21.3. The van der Waals surface area contributed by atoms with E-state index in [0.717, 1.165) is 20.7 Å². The molecule has 0 saturated heterocycles. The van der Waals surface area contributed by atoms with Crippen molar-refractivity contribution in [3.05, 3.63) is 121 Å². The molecule has 258 valence electrons. The van der Waals surface area contributed by atoms with Crippen LogP contribution in [-0.2, 0) is 23.2 Å². The Kier molecular flexibility index (Phi) is 11.0. The summed E-state index contributed by atoms with van der Waals surface area (Å²) in [6.07, 6.45) is -2.78. The molecule has 0 radical (unpaired) electrons. The topological polar surface area (TPSA) is 82.1 Å². The normalized spacial score (nSPS) is 20.5. The van der Waals surface area contributed by atoms with Gasteiger partial charge in [-0.25, -0.2) is 0 Å². The van der Waals surface area contributed by atoms with Gasteiger partial charge >= 0.3 is 5.97 Å². The van der Waals surface area contributed by atoms with Crippen LogP contribution in [0.25, 0.3) is 0 Å². The first-order chi connectivity index (χ1) is 23.3. The third-order valence-corrected chi connectivity index (χ3v) is 20.0. The van der Waals surface area contributed by atoms with Crippen molar-refractivity contribution in [2.75, 3.05) is 6.61 Å². The Morgan fingerprint density at radius 2 is 0.980 bits per heavy atom. The highest BCUT2D eigenvalue weighted by Gasteiger charge is 2.59. The van der Waals surface area contributed by atoms with Crippen molar-refractivity contribution >= 4 is 49.1 Å². The molecule has 6 nitrogen and oxygen atoms in total. The van der Waals surface area contributed by atoms with Crippen LogP contribution in [0.2, 0.25) is 10.1 Å². The van der Waals surface area contributed by atoms with Gasteiger partial charge in [0.25, 0.3) is 16.6 Å². The van der Waals surface area contributed by atoms with Gasteiger partial charge in [0.05, 0.1) is 24.7 Å². The molecule has 1 saturated carbocycles. The van der Waals surface area contributed by atoms with Crippen molar-refractivity contribution in [1.29, 1.82) is 0 Å². The summed E-state index contributed by atoms with van der Waals surface area (Å²) in [5, 5.41) is 14.2. The molecule has 5 rings (SSSR count). The van der Waals surface area contributed by atoms with Crippen molar-refractivity contribution in [3.63, 3.8) is 0 Å². The fraction of sp³-hybridized carbons (Fsp3) is 0.366. The maximum Gasteiger partial charge on any atom is 0.303 e. The van der Waals surface area contributed by atoms with Gasteiger partial charge < -0.3 is 18.7 Å². The molecule has 8 heteroatoms. The van der Waals surface area contributed by atoms with Gasteiger partial charge in [0.1, 0.15) is 5.78 Å². The Bertz CT molecular complexity index is 1610. The lowest BCUT2D eigenvalue weighted by Crippen LogP contribution is -2.73. The second-order valence-electron chi connectivity index (χ2n) is 15.1. The van der Waals surface area contributed by atoms with Crippen molar-refractivity contribution in [2.45, 2.75) is 83.3 Å². The molecule has 1 aliphatic carbocycles. The van der Waals surface area contributed by atoms with Crippen molar-refractivity contribution in [1.82, 2.24) is 0 Å². The van der Waals surface area contributed by atoms with Crippen LogP contribution in [-0.4, -0.2) is 58.4 Å². The molecule has 0 bridgehead atoms. The van der Waals surface area contributed by atoms with E-state index >= 15 is 0 Å². The average Bonchev–Trinajstić information content (AvgIpc) is 3.07. The van der Waals surface area contributed by atoms with Crippen LogP contribution in [0.5, 0.6) is 0 Å². The van der Waals surface area contributed by atoms with E-state index in [-0.39, 0.29) is 17.2 Å². The molecular formula is C41H50O6Si2. The molecule has 4 aromatic rings. The van der Waals surface area contributed by atoms with Gasteiger partial charge in [-0.1, -0.05) is 163 Å². The number of ketones is 1. The molecule has 4 aromatic carbocycles. The largest absolute Gasteiger partial charge is 0.457 e. The zero-order chi connectivity index (χ0) is 35.5. The first-order valence-corrected chi connectivity index (χ1v) is 21.0. The Morgan fingerprint density at radius 3 is 1.29 bits per heavy atom. The predicted octanol–water partition coefficient (Wildman–Crippen LogP) is 5.39. The standard InChI is InChI=1S/C41H50O6Si2/c1-30(43)45-39-37(46-48(40(2,3)4,31-20-12-8-13-21-31)32-22-14-9-15-23-32)28-36(44)35(29-42)38(39)47-49(41(5,6)7,33-24-16-10-17-25-33)34-26-18-11-19-27-34/h8-27,35,37-39,42H,28-29H2,1-7H3. The maximum absolute atomic E-state index is 14.3. The molecule has 0 aromatic heterocycles. The Balaban J connectivity index is 1.74. The van der Waals surface area contributed by atoms with E-state index in [4.69, 9.17) is 13.6 Å². The van der Waals surface area contributed by atoms with Gasteiger partial charge in [-0.3, -0.25) is 9.59 Å². The van der Waals surface area contributed by atoms with Gasteiger partial charge in [0.2, 0.25) is 0 Å². The first-order valence-electron chi connectivity index (χ1n) is 17.1. The third kappa shape index (κ3) is 7.03. The van der Waals surface area contributed by atoms with E-state index < -0.39 is 58.5 Å². The van der Waals surface area contributed by atoms with Gasteiger partial charge in [-0.2, -0.15) is 0 Å². The third-order valence-electron chi connectivity index (χ3n) is 9.88. The van der Waals surface area contributed by atoms with E-state index in [1.807, 2.05) is 72.8 Å². The molecular weight excluding hydrogens is 645 g/mol. The minimum atomic E-state index is -3.27. The van der Waals surface area contributed by atoms with Gasteiger partial charge in [0.15, 0.2) is 6.10 Å². The van der Waals surface area contributed by atoms with Gasteiger partial charge in [-0.15, -0.1) is 0 Å². The predicted molar refractivity (Wildman–Crippen MR) is 201 cm³/mol. The molecule has 0 spiro atoms. The molecule has 4 unspecified atom stereocenters. The number of Topliss-reactive ketones (excluding diaryl/α,β-unsaturated/α-hetero) is 1. The minimum Gasteiger partial charge on any atom is -0.457 e. The summed E-state index contributed by atoms with van der Waals surface area (Å²) in [6, 6.07) is 40.7. The lowest BCUT2D eigenvalue weighted by molar-refractivity contribution is -0.175. The number of esters is 1. The van der Waals surface area contributed by atoms with Crippen LogP contribution in [0, 0.1) is 5.92 Å². The Labute approximate surface area is 293 Å². The fourth-order valence-electron chi connectivity index (χ4n) is 7.70. The molecule has 0 heterocycles. The van der Waals surface area contributed by atoms with E-state index in [2.05, 4.69) is 90.1 Å². The van der Waals surface area contributed by atoms with E-state index in [1.165, 1.54) is 6.92 Å². The number of aliphatic hydroxyl groups excluding tert-OH is 1. The van der Waals surface area contributed by atoms with Crippen LogP contribution in [0.4, 0.5) is 0 Å². The summed E-state index contributed by atoms with van der Waals surface area (Å²) >= 11 is 0. The second kappa shape index (κ2) is 14.7. The van der Waals surface area contributed by atoms with E-state index in [1.54, 1.807) is 0 Å². The monoisotopic (exact) mass is 694 g/mol. The van der Waals surface area contributed by atoms with E-state index in [9.17, 15) is 14.7 Å². The summed E-state index contributed by atoms with van der Waals surface area (Å²) in [5.74, 6) is -1.58. The molecule has 1 N–H and O–H groups in total. The Morgan fingerprint density at radius 1 is 0.633 bits per heavy atom. The number of carbonyl (C=O) groups is 2. The number of rotatable bonds is 10. The second-order valence-corrected chi connectivity index (χ2v) is 23.6. The molecule has 1 fully saturated rings. The van der Waals surface area contributed by atoms with Gasteiger partial charge in [-0.05, 0) is 30.8 Å². The zero-order valence-corrected chi connectivity index (χ0v) is 31.8. The molecule has 0 aliphatic heterocycles. The highest BCUT2D eigenvalue weighted by molar-refractivity contribution is 7.00. The summed E-state index contributed by atoms with van der Waals surface area (Å²) in [5.41, 5.74) is 0. The van der Waals surface area contributed by atoms with Gasteiger partial charge in [0, 0.05) is 13.3 Å². The summed E-state index contributed by atoms with van der Waals surface area (Å²) in [6.45, 7) is 14.0. The van der Waals surface area contributed by atoms with Crippen molar-refractivity contribution in [3.8, 4) is 0 Å². The number of benzene rings is 4. The van der Waals surface area contributed by atoms with Crippen molar-refractivity contribution < 1.29 is 28.3 Å². The molecule has 1 aliphatic rings.